The van der Waals surface area contributed by atoms with Crippen molar-refractivity contribution in [2.24, 2.45) is 0 Å². The minimum absolute atomic E-state index is 0.806. The van der Waals surface area contributed by atoms with E-state index in [4.69, 9.17) is 4.98 Å². The third-order valence-corrected chi connectivity index (χ3v) is 7.71. The van der Waals surface area contributed by atoms with Crippen LogP contribution in [0.1, 0.15) is 25.5 Å². The molecule has 5 aromatic rings. The molecular formula is C29H28N6S. The van der Waals surface area contributed by atoms with Gasteiger partial charge >= 0.3 is 0 Å². The lowest BCUT2D eigenvalue weighted by Gasteiger charge is -2.15. The van der Waals surface area contributed by atoms with E-state index in [0.717, 1.165) is 69.8 Å². The van der Waals surface area contributed by atoms with Crippen molar-refractivity contribution in [2.75, 3.05) is 19.6 Å². The summed E-state index contributed by atoms with van der Waals surface area (Å²) in [6, 6.07) is 10.4. The highest BCUT2D eigenvalue weighted by Crippen LogP contribution is 2.35. The summed E-state index contributed by atoms with van der Waals surface area (Å²) in [5, 5.41) is 11.0. The third kappa shape index (κ3) is 4.21. The van der Waals surface area contributed by atoms with Crippen molar-refractivity contribution in [1.29, 1.82) is 0 Å². The van der Waals surface area contributed by atoms with Crippen molar-refractivity contribution in [1.82, 2.24) is 30.0 Å². The van der Waals surface area contributed by atoms with E-state index < -0.39 is 0 Å². The molecule has 0 aliphatic carbocycles. The first kappa shape index (κ1) is 22.6. The summed E-state index contributed by atoms with van der Waals surface area (Å²) in [6.45, 7) is 9.36. The Morgan fingerprint density at radius 3 is 2.83 bits per heavy atom. The number of allylic oxidation sites excluding steroid dienone is 3. The highest BCUT2D eigenvalue weighted by molar-refractivity contribution is 7.13. The number of nitrogens with one attached hydrogen (secondary N) is 2. The maximum atomic E-state index is 5.06. The average molecular weight is 493 g/mol. The molecule has 0 aromatic carbocycles. The molecule has 0 unspecified atom stereocenters. The molecule has 1 saturated heterocycles. The quantitative estimate of drug-likeness (QED) is 0.244. The fourth-order valence-electron chi connectivity index (χ4n) is 4.93. The number of H-pyrrole nitrogens is 2. The number of pyridine rings is 2. The van der Waals surface area contributed by atoms with E-state index in [-0.39, 0.29) is 0 Å². The Kier molecular flexibility index (Phi) is 6.09. The van der Waals surface area contributed by atoms with Crippen LogP contribution in [-0.4, -0.2) is 49.7 Å². The van der Waals surface area contributed by atoms with Crippen LogP contribution in [0.2, 0.25) is 0 Å². The van der Waals surface area contributed by atoms with Crippen LogP contribution in [0, 0.1) is 0 Å². The molecule has 0 spiro atoms. The topological polar surface area (TPSA) is 73.5 Å². The van der Waals surface area contributed by atoms with Gasteiger partial charge in [-0.05, 0) is 79.7 Å². The van der Waals surface area contributed by atoms with Gasteiger partial charge < -0.3 is 4.98 Å². The molecule has 6 nitrogen and oxygen atoms in total. The molecule has 1 aliphatic rings. The van der Waals surface area contributed by atoms with Crippen LogP contribution in [0.3, 0.4) is 0 Å². The minimum atomic E-state index is 0.806. The largest absolute Gasteiger partial charge is 0.352 e. The Morgan fingerprint density at radius 1 is 1.17 bits per heavy atom. The number of rotatable bonds is 7. The van der Waals surface area contributed by atoms with Crippen molar-refractivity contribution in [3.63, 3.8) is 0 Å². The Bertz CT molecular complexity index is 1600. The molecule has 0 amide bonds. The summed E-state index contributed by atoms with van der Waals surface area (Å²) in [7, 11) is 0. The second kappa shape index (κ2) is 9.68. The highest BCUT2D eigenvalue weighted by atomic mass is 32.1. The predicted octanol–water partition coefficient (Wildman–Crippen LogP) is 6.84. The zero-order chi connectivity index (χ0) is 24.5. The average Bonchev–Trinajstić information content (AvgIpc) is 3.72. The molecule has 7 heteroatoms. The monoisotopic (exact) mass is 492 g/mol. The predicted molar refractivity (Wildman–Crippen MR) is 150 cm³/mol. The van der Waals surface area contributed by atoms with E-state index in [1.54, 1.807) is 11.3 Å². The van der Waals surface area contributed by atoms with Crippen LogP contribution in [0.5, 0.6) is 0 Å². The lowest BCUT2D eigenvalue weighted by Crippen LogP contribution is -2.21. The van der Waals surface area contributed by atoms with Crippen LogP contribution in [0.25, 0.3) is 49.3 Å². The van der Waals surface area contributed by atoms with Gasteiger partial charge in [0.15, 0.2) is 0 Å². The van der Waals surface area contributed by atoms with Crippen LogP contribution >= 0.6 is 11.3 Å². The van der Waals surface area contributed by atoms with Crippen molar-refractivity contribution < 1.29 is 0 Å². The molecule has 0 saturated carbocycles. The van der Waals surface area contributed by atoms with Gasteiger partial charge in [0.1, 0.15) is 11.2 Å². The Balaban J connectivity index is 1.38. The van der Waals surface area contributed by atoms with E-state index in [2.05, 4.69) is 86.4 Å². The summed E-state index contributed by atoms with van der Waals surface area (Å²) in [4.78, 5) is 16.7. The smallest absolute Gasteiger partial charge is 0.135 e. The molecule has 6 rings (SSSR count). The van der Waals surface area contributed by atoms with Gasteiger partial charge in [-0.15, -0.1) is 11.3 Å². The lowest BCUT2D eigenvalue weighted by molar-refractivity contribution is 0.371. The number of aromatic nitrogens is 5. The number of hydrogen-bond acceptors (Lipinski definition) is 5. The second-order valence-electron chi connectivity index (χ2n) is 9.12. The molecule has 5 aromatic heterocycles. The molecule has 0 bridgehead atoms. The van der Waals surface area contributed by atoms with Gasteiger partial charge in [-0.1, -0.05) is 24.8 Å². The Labute approximate surface area is 214 Å². The normalized spacial score (nSPS) is 15.4. The van der Waals surface area contributed by atoms with Crippen molar-refractivity contribution in [3.05, 3.63) is 84.2 Å². The molecule has 6 heterocycles. The zero-order valence-electron chi connectivity index (χ0n) is 20.3. The molecular weight excluding hydrogens is 464 g/mol. The molecule has 0 atom stereocenters. The first-order chi connectivity index (χ1) is 17.7. The fraction of sp³-hybridized carbons (Fsp3) is 0.207. The van der Waals surface area contributed by atoms with Gasteiger partial charge in [0.2, 0.25) is 0 Å². The summed E-state index contributed by atoms with van der Waals surface area (Å²) >= 11 is 1.71. The fourth-order valence-corrected chi connectivity index (χ4v) is 5.68. The van der Waals surface area contributed by atoms with Crippen LogP contribution in [0.15, 0.2) is 78.5 Å². The SMILES string of the molecule is C=C/C(=C\C(=C/C)c1ccc2[nH]nc(-c3cc4c(-c5cccs5)cncc4[nH]3)c2n1)CN1CCCC1. The van der Waals surface area contributed by atoms with Gasteiger partial charge in [-0.2, -0.15) is 5.10 Å². The Morgan fingerprint density at radius 2 is 2.06 bits per heavy atom. The molecule has 0 radical (unpaired) electrons. The summed E-state index contributed by atoms with van der Waals surface area (Å²) < 4.78 is 0. The van der Waals surface area contributed by atoms with E-state index in [1.807, 2.05) is 18.5 Å². The number of aromatic amines is 2. The van der Waals surface area contributed by atoms with E-state index >= 15 is 0 Å². The maximum Gasteiger partial charge on any atom is 0.135 e. The van der Waals surface area contributed by atoms with E-state index in [0.29, 0.717) is 0 Å². The van der Waals surface area contributed by atoms with E-state index in [1.165, 1.54) is 23.3 Å². The summed E-state index contributed by atoms with van der Waals surface area (Å²) in [5.74, 6) is 0. The van der Waals surface area contributed by atoms with Gasteiger partial charge in [0.05, 0.1) is 28.6 Å². The van der Waals surface area contributed by atoms with E-state index in [9.17, 15) is 0 Å². The molecule has 1 fully saturated rings. The Hall–Kier alpha value is -3.81. The molecule has 2 N–H and O–H groups in total. The number of thiophene rings is 1. The molecule has 36 heavy (non-hydrogen) atoms. The standard InChI is InChI=1S/C29H28N6S/c1-3-19(18-35-11-5-6-12-35)14-20(4-2)23-9-10-24-28(32-23)29(34-33-24)25-15-21-22(27-8-7-13-36-27)16-30-17-26(21)31-25/h3-4,7-10,13-17,31H,1,5-6,11-12,18H2,2H3,(H,33,34)/b19-14+,20-4+. The zero-order valence-corrected chi connectivity index (χ0v) is 21.1. The van der Waals surface area contributed by atoms with Crippen LogP contribution < -0.4 is 0 Å². The first-order valence-electron chi connectivity index (χ1n) is 12.3. The molecule has 180 valence electrons. The van der Waals surface area contributed by atoms with Crippen molar-refractivity contribution in [3.8, 4) is 21.8 Å². The van der Waals surface area contributed by atoms with Crippen LogP contribution in [-0.2, 0) is 0 Å². The number of hydrogen-bond donors (Lipinski definition) is 2. The van der Waals surface area contributed by atoms with Crippen molar-refractivity contribution >= 4 is 38.8 Å². The van der Waals surface area contributed by atoms with Gasteiger partial charge in [-0.3, -0.25) is 15.0 Å². The summed E-state index contributed by atoms with van der Waals surface area (Å²) in [5.41, 5.74) is 8.80. The van der Waals surface area contributed by atoms with Gasteiger partial charge in [-0.25, -0.2) is 4.98 Å². The minimum Gasteiger partial charge on any atom is -0.352 e. The highest BCUT2D eigenvalue weighted by Gasteiger charge is 2.17. The maximum absolute atomic E-state index is 5.06. The second-order valence-corrected chi connectivity index (χ2v) is 10.1. The number of likely N-dealkylation sites (tertiary alicyclic amines) is 1. The van der Waals surface area contributed by atoms with Gasteiger partial charge in [0.25, 0.3) is 0 Å². The molecule has 1 aliphatic heterocycles. The van der Waals surface area contributed by atoms with Gasteiger partial charge in [0, 0.05) is 28.6 Å². The number of fused-ring (bicyclic) bond motifs is 2. The lowest BCUT2D eigenvalue weighted by atomic mass is 10.1. The number of nitrogens with zero attached hydrogens (tertiary/aromatic N) is 4. The third-order valence-electron chi connectivity index (χ3n) is 6.81. The van der Waals surface area contributed by atoms with Crippen LogP contribution in [0.4, 0.5) is 0 Å². The summed E-state index contributed by atoms with van der Waals surface area (Å²) in [6.07, 6.45) is 12.6. The first-order valence-corrected chi connectivity index (χ1v) is 13.2. The van der Waals surface area contributed by atoms with Crippen molar-refractivity contribution in [2.45, 2.75) is 19.8 Å².